The van der Waals surface area contributed by atoms with Gasteiger partial charge in [0.05, 0.1) is 17.5 Å². The molecule has 2 aromatic carbocycles. The van der Waals surface area contributed by atoms with Gasteiger partial charge in [0.1, 0.15) is 0 Å². The predicted molar refractivity (Wildman–Crippen MR) is 154 cm³/mol. The van der Waals surface area contributed by atoms with Gasteiger partial charge >= 0.3 is 12.4 Å². The number of alkyl halides is 6. The Morgan fingerprint density at radius 3 is 2.02 bits per heavy atom. The summed E-state index contributed by atoms with van der Waals surface area (Å²) in [5.74, 6) is -0.455. The Balaban J connectivity index is 1.27. The van der Waals surface area contributed by atoms with E-state index in [1.807, 2.05) is 19.1 Å². The summed E-state index contributed by atoms with van der Waals surface area (Å²) in [6.45, 7) is 8.16. The lowest BCUT2D eigenvalue weighted by molar-refractivity contribution is -0.143. The van der Waals surface area contributed by atoms with Crippen molar-refractivity contribution >= 4 is 5.91 Å². The van der Waals surface area contributed by atoms with Crippen LogP contribution in [0.1, 0.15) is 72.8 Å². The molecule has 43 heavy (non-hydrogen) atoms. The molecule has 3 heterocycles. The van der Waals surface area contributed by atoms with Crippen LogP contribution >= 0.6 is 0 Å². The van der Waals surface area contributed by atoms with Crippen LogP contribution in [0.5, 0.6) is 0 Å². The summed E-state index contributed by atoms with van der Waals surface area (Å²) >= 11 is 0. The van der Waals surface area contributed by atoms with Crippen molar-refractivity contribution in [2.75, 3.05) is 45.8 Å². The van der Waals surface area contributed by atoms with Gasteiger partial charge in [0.15, 0.2) is 0 Å². The molecule has 0 aromatic heterocycles. The molecule has 2 aromatic rings. The molecule has 0 radical (unpaired) electrons. The van der Waals surface area contributed by atoms with E-state index < -0.39 is 35.8 Å². The highest BCUT2D eigenvalue weighted by molar-refractivity contribution is 5.79. The van der Waals surface area contributed by atoms with Crippen LogP contribution in [0.4, 0.5) is 26.3 Å². The number of likely N-dealkylation sites (tertiary alicyclic amines) is 3. The normalized spacial score (nSPS) is 23.2. The molecule has 236 valence electrons. The van der Waals surface area contributed by atoms with Gasteiger partial charge in [-0.2, -0.15) is 26.3 Å². The second-order valence-corrected chi connectivity index (χ2v) is 12.7. The molecule has 0 N–H and O–H groups in total. The molecule has 3 aliphatic rings. The Kier molecular flexibility index (Phi) is 9.47. The molecule has 3 saturated heterocycles. The van der Waals surface area contributed by atoms with Crippen LogP contribution in [0.2, 0.25) is 0 Å². The third-order valence-corrected chi connectivity index (χ3v) is 9.74. The minimum absolute atomic E-state index is 0.0988. The monoisotopic (exact) mass is 609 g/mol. The lowest BCUT2D eigenvalue weighted by Gasteiger charge is -2.41. The van der Waals surface area contributed by atoms with E-state index in [0.29, 0.717) is 37.7 Å². The molecule has 0 unspecified atom stereocenters. The third-order valence-electron chi connectivity index (χ3n) is 9.74. The predicted octanol–water partition coefficient (Wildman–Crippen LogP) is 7.09. The summed E-state index contributed by atoms with van der Waals surface area (Å²) in [5, 5.41) is 0. The number of hydrogen-bond acceptors (Lipinski definition) is 3. The molecule has 0 bridgehead atoms. The van der Waals surface area contributed by atoms with Crippen LogP contribution in [0, 0.1) is 6.92 Å². The van der Waals surface area contributed by atoms with Crippen LogP contribution in [-0.4, -0.2) is 72.5 Å². The van der Waals surface area contributed by atoms with E-state index >= 15 is 0 Å². The second-order valence-electron chi connectivity index (χ2n) is 12.7. The standard InChI is InChI=1S/C33H41F6N3O/c1-24-5-7-26(8-6-24)31(11-17-40-15-9-29(10-16-40)41-13-3-2-4-14-41)12-18-42(23-31)30(43)21-25-19-27(32(34,35)36)22-28(20-25)33(37,38)39/h5-8,19-20,22,29H,2-4,9-18,21,23H2,1H3/t31-/m1/s1. The fraction of sp³-hybridized carbons (Fsp3) is 0.606. The maximum Gasteiger partial charge on any atom is 0.416 e. The summed E-state index contributed by atoms with van der Waals surface area (Å²) in [5.41, 5.74) is -1.16. The summed E-state index contributed by atoms with van der Waals surface area (Å²) in [4.78, 5) is 20.1. The molecule has 5 rings (SSSR count). The molecule has 10 heteroatoms. The first-order chi connectivity index (χ1) is 20.3. The second kappa shape index (κ2) is 12.8. The molecule has 0 spiro atoms. The van der Waals surface area contributed by atoms with Crippen molar-refractivity contribution in [1.29, 1.82) is 0 Å². The summed E-state index contributed by atoms with van der Waals surface area (Å²) < 4.78 is 80.3. The van der Waals surface area contributed by atoms with Gasteiger partial charge < -0.3 is 14.7 Å². The molecule has 0 saturated carbocycles. The van der Waals surface area contributed by atoms with Gasteiger partial charge in [0, 0.05) is 24.5 Å². The lowest BCUT2D eigenvalue weighted by Crippen LogP contribution is -2.47. The average molecular weight is 610 g/mol. The van der Waals surface area contributed by atoms with E-state index in [-0.39, 0.29) is 17.0 Å². The zero-order valence-corrected chi connectivity index (χ0v) is 24.7. The summed E-state index contributed by atoms with van der Waals surface area (Å²) in [6.07, 6.45) is -2.69. The van der Waals surface area contributed by atoms with Gasteiger partial charge in [0.25, 0.3) is 0 Å². The fourth-order valence-corrected chi connectivity index (χ4v) is 7.15. The molecule has 4 nitrogen and oxygen atoms in total. The van der Waals surface area contributed by atoms with E-state index in [1.165, 1.54) is 32.4 Å². The van der Waals surface area contributed by atoms with Crippen molar-refractivity contribution in [2.45, 2.75) is 82.1 Å². The first-order valence-corrected chi connectivity index (χ1v) is 15.4. The van der Waals surface area contributed by atoms with Crippen LogP contribution in [0.25, 0.3) is 0 Å². The van der Waals surface area contributed by atoms with Crippen LogP contribution < -0.4 is 0 Å². The van der Waals surface area contributed by atoms with Crippen molar-refractivity contribution in [3.63, 3.8) is 0 Å². The summed E-state index contributed by atoms with van der Waals surface area (Å²) in [7, 11) is 0. The van der Waals surface area contributed by atoms with Gasteiger partial charge in [-0.05, 0) is 107 Å². The van der Waals surface area contributed by atoms with E-state index in [2.05, 4.69) is 21.9 Å². The molecule has 1 atom stereocenters. The van der Waals surface area contributed by atoms with Crippen molar-refractivity contribution < 1.29 is 31.1 Å². The minimum atomic E-state index is -4.95. The number of halogens is 6. The van der Waals surface area contributed by atoms with Gasteiger partial charge in [-0.3, -0.25) is 4.79 Å². The molecular weight excluding hydrogens is 568 g/mol. The Morgan fingerprint density at radius 2 is 1.44 bits per heavy atom. The molecule has 3 aliphatic heterocycles. The topological polar surface area (TPSA) is 26.8 Å². The number of nitrogens with zero attached hydrogens (tertiary/aromatic N) is 3. The highest BCUT2D eigenvalue weighted by atomic mass is 19.4. The fourth-order valence-electron chi connectivity index (χ4n) is 7.15. The average Bonchev–Trinajstić information content (AvgIpc) is 3.42. The van der Waals surface area contributed by atoms with Gasteiger partial charge in [-0.1, -0.05) is 36.2 Å². The maximum atomic E-state index is 13.4. The van der Waals surface area contributed by atoms with Crippen molar-refractivity contribution in [1.82, 2.24) is 14.7 Å². The number of benzene rings is 2. The van der Waals surface area contributed by atoms with Gasteiger partial charge in [0.2, 0.25) is 5.91 Å². The highest BCUT2D eigenvalue weighted by Crippen LogP contribution is 2.40. The first-order valence-electron chi connectivity index (χ1n) is 15.4. The number of piperidine rings is 2. The first kappa shape index (κ1) is 31.8. The zero-order valence-electron chi connectivity index (χ0n) is 24.7. The number of rotatable bonds is 7. The lowest BCUT2D eigenvalue weighted by atomic mass is 9.76. The van der Waals surface area contributed by atoms with Crippen molar-refractivity contribution in [3.8, 4) is 0 Å². The van der Waals surface area contributed by atoms with E-state index in [1.54, 1.807) is 4.90 Å². The zero-order chi connectivity index (χ0) is 30.8. The van der Waals surface area contributed by atoms with Crippen LogP contribution in [0.3, 0.4) is 0 Å². The number of hydrogen-bond donors (Lipinski definition) is 0. The van der Waals surface area contributed by atoms with E-state index in [9.17, 15) is 31.1 Å². The Hall–Kier alpha value is -2.59. The van der Waals surface area contributed by atoms with Gasteiger partial charge in [-0.25, -0.2) is 0 Å². The number of amides is 1. The molecule has 3 fully saturated rings. The van der Waals surface area contributed by atoms with Crippen molar-refractivity contribution in [3.05, 3.63) is 70.3 Å². The Labute approximate surface area is 250 Å². The minimum Gasteiger partial charge on any atom is -0.341 e. The smallest absolute Gasteiger partial charge is 0.341 e. The number of aryl methyl sites for hydroxylation is 1. The summed E-state index contributed by atoms with van der Waals surface area (Å²) in [6, 6.07) is 10.3. The molecular formula is C33H41F6N3O. The van der Waals surface area contributed by atoms with E-state index in [4.69, 9.17) is 0 Å². The Morgan fingerprint density at radius 1 is 0.837 bits per heavy atom. The quantitative estimate of drug-likeness (QED) is 0.314. The maximum absolute atomic E-state index is 13.4. The molecule has 0 aliphatic carbocycles. The SMILES string of the molecule is Cc1ccc([C@]2(CCN3CCC(N4CCCCC4)CC3)CCN(C(=O)Cc3cc(C(F)(F)F)cc(C(F)(F)F)c3)C2)cc1. The number of carbonyl (C=O) groups is 1. The van der Waals surface area contributed by atoms with Crippen LogP contribution in [-0.2, 0) is 29.0 Å². The van der Waals surface area contributed by atoms with Crippen LogP contribution in [0.15, 0.2) is 42.5 Å². The highest BCUT2D eigenvalue weighted by Gasteiger charge is 2.42. The Bertz CT molecular complexity index is 1210. The van der Waals surface area contributed by atoms with E-state index in [0.717, 1.165) is 50.0 Å². The molecule has 1 amide bonds. The third kappa shape index (κ3) is 7.74. The van der Waals surface area contributed by atoms with Gasteiger partial charge in [-0.15, -0.1) is 0 Å². The number of carbonyl (C=O) groups excluding carboxylic acids is 1. The van der Waals surface area contributed by atoms with Crippen molar-refractivity contribution in [2.24, 2.45) is 0 Å². The largest absolute Gasteiger partial charge is 0.416 e.